The van der Waals surface area contributed by atoms with Crippen LogP contribution in [0.4, 0.5) is 5.69 Å². The molecule has 96 valence electrons. The van der Waals surface area contributed by atoms with Gasteiger partial charge in [-0.15, -0.1) is 11.3 Å². The molecule has 0 saturated carbocycles. The van der Waals surface area contributed by atoms with Gasteiger partial charge in [0.25, 0.3) is 5.56 Å². The average molecular weight is 291 g/mol. The number of aromatic nitrogens is 1. The summed E-state index contributed by atoms with van der Waals surface area (Å²) < 4.78 is 2.67. The molecule has 2 N–H and O–H groups in total. The molecule has 0 aliphatic carbocycles. The lowest BCUT2D eigenvalue weighted by Crippen LogP contribution is -2.19. The fourth-order valence-electron chi connectivity index (χ4n) is 2.02. The Balaban J connectivity index is 2.05. The summed E-state index contributed by atoms with van der Waals surface area (Å²) in [5, 5.41) is 3.27. The maximum Gasteiger partial charge on any atom is 0.259 e. The summed E-state index contributed by atoms with van der Waals surface area (Å²) in [7, 11) is 0. The van der Waals surface area contributed by atoms with E-state index in [0.717, 1.165) is 15.6 Å². The van der Waals surface area contributed by atoms with Gasteiger partial charge in [-0.2, -0.15) is 0 Å². The highest BCUT2D eigenvalue weighted by Crippen LogP contribution is 2.20. The molecule has 3 rings (SSSR count). The summed E-state index contributed by atoms with van der Waals surface area (Å²) in [6.45, 7) is 0.452. The second-order valence-corrected chi connectivity index (χ2v) is 5.67. The molecule has 0 spiro atoms. The number of rotatable bonds is 2. The van der Waals surface area contributed by atoms with Crippen molar-refractivity contribution in [2.45, 2.75) is 6.54 Å². The number of fused-ring (bicyclic) bond motifs is 1. The molecule has 0 aliphatic rings. The van der Waals surface area contributed by atoms with Crippen LogP contribution in [0.15, 0.2) is 46.7 Å². The van der Waals surface area contributed by atoms with Crippen LogP contribution in [0, 0.1) is 0 Å². The number of nitrogens with two attached hydrogens (primary N) is 1. The Labute approximate surface area is 118 Å². The molecule has 2 aromatic heterocycles. The van der Waals surface area contributed by atoms with Gasteiger partial charge in [0, 0.05) is 21.6 Å². The number of thiophene rings is 1. The molecular formula is C14H11ClN2OS. The van der Waals surface area contributed by atoms with E-state index >= 15 is 0 Å². The van der Waals surface area contributed by atoms with Gasteiger partial charge in [-0.25, -0.2) is 0 Å². The zero-order valence-electron chi connectivity index (χ0n) is 9.97. The minimum atomic E-state index is 0.00750. The third-order valence-corrected chi connectivity index (χ3v) is 4.16. The van der Waals surface area contributed by atoms with E-state index in [1.54, 1.807) is 34.2 Å². The molecule has 0 atom stereocenters. The monoisotopic (exact) mass is 290 g/mol. The van der Waals surface area contributed by atoms with E-state index in [1.165, 1.54) is 0 Å². The molecule has 19 heavy (non-hydrogen) atoms. The van der Waals surface area contributed by atoms with Gasteiger partial charge < -0.3 is 10.3 Å². The van der Waals surface area contributed by atoms with Gasteiger partial charge in [0.05, 0.1) is 11.9 Å². The highest BCUT2D eigenvalue weighted by atomic mass is 35.5. The smallest absolute Gasteiger partial charge is 0.259 e. The molecule has 1 aromatic carbocycles. The lowest BCUT2D eigenvalue weighted by atomic mass is 10.2. The number of halogens is 1. The summed E-state index contributed by atoms with van der Waals surface area (Å²) in [5.41, 5.74) is 7.41. The van der Waals surface area contributed by atoms with Gasteiger partial charge in [-0.05, 0) is 35.2 Å². The molecule has 5 heteroatoms. The SMILES string of the molecule is Nc1cc(Cl)ccc1Cn1ccc2sccc2c1=O. The van der Waals surface area contributed by atoms with Crippen LogP contribution in [0.1, 0.15) is 5.56 Å². The first kappa shape index (κ1) is 12.3. The molecule has 0 radical (unpaired) electrons. The third-order valence-electron chi connectivity index (χ3n) is 3.04. The molecule has 0 aliphatic heterocycles. The van der Waals surface area contributed by atoms with E-state index in [9.17, 15) is 4.79 Å². The molecule has 0 bridgehead atoms. The van der Waals surface area contributed by atoms with Crippen molar-refractivity contribution in [2.75, 3.05) is 5.73 Å². The van der Waals surface area contributed by atoms with Gasteiger partial charge in [0.2, 0.25) is 0 Å². The molecule has 3 aromatic rings. The van der Waals surface area contributed by atoms with Crippen molar-refractivity contribution in [3.05, 3.63) is 62.8 Å². The normalized spacial score (nSPS) is 11.0. The van der Waals surface area contributed by atoms with Crippen LogP contribution in [0.5, 0.6) is 0 Å². The molecule has 0 saturated heterocycles. The van der Waals surface area contributed by atoms with Crippen LogP contribution >= 0.6 is 22.9 Å². The van der Waals surface area contributed by atoms with Crippen LogP contribution in [0.2, 0.25) is 5.02 Å². The van der Waals surface area contributed by atoms with Gasteiger partial charge in [-0.1, -0.05) is 17.7 Å². The lowest BCUT2D eigenvalue weighted by Gasteiger charge is -2.09. The second kappa shape index (κ2) is 4.72. The van der Waals surface area contributed by atoms with Crippen LogP contribution in [-0.4, -0.2) is 4.57 Å². The predicted molar refractivity (Wildman–Crippen MR) is 81.1 cm³/mol. The highest BCUT2D eigenvalue weighted by Gasteiger charge is 2.06. The van der Waals surface area contributed by atoms with Crippen LogP contribution in [0.3, 0.4) is 0 Å². The van der Waals surface area contributed by atoms with E-state index in [0.29, 0.717) is 17.3 Å². The Hall–Kier alpha value is -1.78. The number of pyridine rings is 1. The minimum Gasteiger partial charge on any atom is -0.398 e. The Morgan fingerprint density at radius 3 is 2.89 bits per heavy atom. The van der Waals surface area contributed by atoms with Crippen molar-refractivity contribution in [2.24, 2.45) is 0 Å². The maximum atomic E-state index is 12.3. The van der Waals surface area contributed by atoms with Crippen molar-refractivity contribution in [3.63, 3.8) is 0 Å². The van der Waals surface area contributed by atoms with E-state index in [4.69, 9.17) is 17.3 Å². The van der Waals surface area contributed by atoms with E-state index in [1.807, 2.05) is 23.6 Å². The van der Waals surface area contributed by atoms with E-state index in [-0.39, 0.29) is 5.56 Å². The highest BCUT2D eigenvalue weighted by molar-refractivity contribution is 7.17. The average Bonchev–Trinajstić information content (AvgIpc) is 2.85. The summed E-state index contributed by atoms with van der Waals surface area (Å²) >= 11 is 7.43. The Morgan fingerprint density at radius 2 is 2.11 bits per heavy atom. The molecule has 0 unspecified atom stereocenters. The first-order chi connectivity index (χ1) is 9.15. The quantitative estimate of drug-likeness (QED) is 0.736. The Bertz CT molecular complexity index is 807. The topological polar surface area (TPSA) is 48.0 Å². The van der Waals surface area contributed by atoms with Gasteiger partial charge >= 0.3 is 0 Å². The standard InChI is InChI=1S/C14H11ClN2OS/c15-10-2-1-9(12(16)7-10)8-17-5-3-13-11(14(17)18)4-6-19-13/h1-7H,8,16H2. The third kappa shape index (κ3) is 2.25. The number of nitrogens with zero attached hydrogens (tertiary/aromatic N) is 1. The fraction of sp³-hybridized carbons (Fsp3) is 0.0714. The zero-order valence-corrected chi connectivity index (χ0v) is 11.5. The van der Waals surface area contributed by atoms with Crippen molar-refractivity contribution in [1.29, 1.82) is 0 Å². The number of hydrogen-bond donors (Lipinski definition) is 1. The molecule has 0 amide bonds. The fourth-order valence-corrected chi connectivity index (χ4v) is 2.98. The summed E-state index contributed by atoms with van der Waals surface area (Å²) in [6, 6.07) is 9.13. The predicted octanol–water partition coefficient (Wildman–Crippen LogP) is 3.35. The first-order valence-electron chi connectivity index (χ1n) is 5.76. The summed E-state index contributed by atoms with van der Waals surface area (Å²) in [5.74, 6) is 0. The van der Waals surface area contributed by atoms with E-state index < -0.39 is 0 Å². The minimum absolute atomic E-state index is 0.00750. The maximum absolute atomic E-state index is 12.3. The van der Waals surface area contributed by atoms with Crippen molar-refractivity contribution >= 4 is 38.7 Å². The molecule has 3 nitrogen and oxygen atoms in total. The van der Waals surface area contributed by atoms with Crippen LogP contribution < -0.4 is 11.3 Å². The summed E-state index contributed by atoms with van der Waals surface area (Å²) in [4.78, 5) is 12.3. The second-order valence-electron chi connectivity index (χ2n) is 4.29. The van der Waals surface area contributed by atoms with Gasteiger partial charge in [0.1, 0.15) is 0 Å². The van der Waals surface area contributed by atoms with Gasteiger partial charge in [-0.3, -0.25) is 4.79 Å². The van der Waals surface area contributed by atoms with Gasteiger partial charge in [0.15, 0.2) is 0 Å². The number of benzene rings is 1. The van der Waals surface area contributed by atoms with Crippen LogP contribution in [0.25, 0.3) is 10.1 Å². The Morgan fingerprint density at radius 1 is 1.26 bits per heavy atom. The largest absolute Gasteiger partial charge is 0.398 e. The molecule has 0 fully saturated rings. The number of anilines is 1. The molecule has 2 heterocycles. The van der Waals surface area contributed by atoms with Crippen molar-refractivity contribution in [1.82, 2.24) is 4.57 Å². The van der Waals surface area contributed by atoms with Crippen LogP contribution in [-0.2, 0) is 6.54 Å². The van der Waals surface area contributed by atoms with Crippen molar-refractivity contribution < 1.29 is 0 Å². The summed E-state index contributed by atoms with van der Waals surface area (Å²) in [6.07, 6.45) is 1.80. The lowest BCUT2D eigenvalue weighted by molar-refractivity contribution is 0.770. The molecular weight excluding hydrogens is 280 g/mol. The number of hydrogen-bond acceptors (Lipinski definition) is 3. The van der Waals surface area contributed by atoms with E-state index in [2.05, 4.69) is 0 Å². The van der Waals surface area contributed by atoms with Crippen molar-refractivity contribution in [3.8, 4) is 0 Å². The first-order valence-corrected chi connectivity index (χ1v) is 7.01. The number of nitrogen functional groups attached to an aromatic ring is 1. The zero-order chi connectivity index (χ0) is 13.4. The Kier molecular flexibility index (Phi) is 3.05.